The highest BCUT2D eigenvalue weighted by Gasteiger charge is 2.18. The summed E-state index contributed by atoms with van der Waals surface area (Å²) < 4.78 is 8.64. The van der Waals surface area contributed by atoms with Gasteiger partial charge in [-0.25, -0.2) is 0 Å². The van der Waals surface area contributed by atoms with Gasteiger partial charge >= 0.3 is 0 Å². The molecule has 0 bridgehead atoms. The monoisotopic (exact) mass is 728 g/mol. The Labute approximate surface area is 330 Å². The predicted molar refractivity (Wildman–Crippen MR) is 239 cm³/mol. The molecule has 0 spiro atoms. The molecule has 0 atom stereocenters. The molecule has 3 heteroatoms. The molecule has 0 saturated heterocycles. The first-order valence-corrected chi connectivity index (χ1v) is 19.4. The smallest absolute Gasteiger partial charge is 0.136 e. The van der Waals surface area contributed by atoms with Crippen LogP contribution in [0.5, 0.6) is 0 Å². The van der Waals surface area contributed by atoms with Gasteiger partial charge in [-0.3, -0.25) is 0 Å². The van der Waals surface area contributed by atoms with Crippen molar-refractivity contribution in [3.05, 3.63) is 218 Å². The molecule has 2 aromatic heterocycles. The van der Waals surface area contributed by atoms with E-state index < -0.39 is 0 Å². The van der Waals surface area contributed by atoms with Gasteiger partial charge in [-0.05, 0) is 100 Å². The van der Waals surface area contributed by atoms with Gasteiger partial charge in [0.15, 0.2) is 0 Å². The number of hydrogen-bond acceptors (Lipinski definition) is 2. The van der Waals surface area contributed by atoms with Crippen molar-refractivity contribution in [2.45, 2.75) is 0 Å². The minimum Gasteiger partial charge on any atom is -0.456 e. The van der Waals surface area contributed by atoms with Crippen LogP contribution in [0.1, 0.15) is 0 Å². The number of anilines is 3. The highest BCUT2D eigenvalue weighted by Crippen LogP contribution is 2.42. The third kappa shape index (κ3) is 5.68. The zero-order valence-corrected chi connectivity index (χ0v) is 31.1. The molecule has 2 heterocycles. The maximum absolute atomic E-state index is 6.25. The quantitative estimate of drug-likeness (QED) is 0.163. The number of aromatic nitrogens is 1. The summed E-state index contributed by atoms with van der Waals surface area (Å²) >= 11 is 0. The Morgan fingerprint density at radius 3 is 1.60 bits per heavy atom. The van der Waals surface area contributed by atoms with Crippen molar-refractivity contribution in [2.24, 2.45) is 0 Å². The second-order valence-electron chi connectivity index (χ2n) is 14.5. The molecule has 57 heavy (non-hydrogen) atoms. The largest absolute Gasteiger partial charge is 0.456 e. The molecule has 0 radical (unpaired) electrons. The molecule has 268 valence electrons. The third-order valence-corrected chi connectivity index (χ3v) is 11.2. The van der Waals surface area contributed by atoms with E-state index in [1.807, 2.05) is 12.1 Å². The summed E-state index contributed by atoms with van der Waals surface area (Å²) in [6.07, 6.45) is 0. The van der Waals surface area contributed by atoms with Gasteiger partial charge in [0.1, 0.15) is 11.2 Å². The van der Waals surface area contributed by atoms with Crippen LogP contribution in [0, 0.1) is 0 Å². The van der Waals surface area contributed by atoms with Gasteiger partial charge in [0.2, 0.25) is 0 Å². The molecule has 0 N–H and O–H groups in total. The maximum atomic E-state index is 6.25. The first kappa shape index (κ1) is 32.8. The van der Waals surface area contributed by atoms with E-state index in [1.54, 1.807) is 0 Å². The maximum Gasteiger partial charge on any atom is 0.136 e. The molecule has 11 aromatic rings. The average molecular weight is 729 g/mol. The normalized spacial score (nSPS) is 11.5. The van der Waals surface area contributed by atoms with E-state index in [1.165, 1.54) is 38.5 Å². The number of nitrogens with zero attached hydrogens (tertiary/aromatic N) is 2. The van der Waals surface area contributed by atoms with Crippen molar-refractivity contribution in [3.63, 3.8) is 0 Å². The SMILES string of the molecule is c1ccc(-c2ccc(-c3cccc(N(c4ccc(-c5cccc6oc7ccccc7c56)cc4)c4cccc(-n5c6ccccc6c6ccccc65)c4)c3)cc2)cc1. The van der Waals surface area contributed by atoms with Gasteiger partial charge in [0.25, 0.3) is 0 Å². The summed E-state index contributed by atoms with van der Waals surface area (Å²) in [7, 11) is 0. The van der Waals surface area contributed by atoms with Crippen molar-refractivity contribution in [1.82, 2.24) is 4.57 Å². The van der Waals surface area contributed by atoms with Crippen LogP contribution in [-0.4, -0.2) is 4.57 Å². The first-order chi connectivity index (χ1) is 28.3. The highest BCUT2D eigenvalue weighted by atomic mass is 16.3. The molecular formula is C54H36N2O. The van der Waals surface area contributed by atoms with Gasteiger partial charge in [-0.2, -0.15) is 0 Å². The lowest BCUT2D eigenvalue weighted by atomic mass is 9.98. The van der Waals surface area contributed by atoms with Gasteiger partial charge in [0, 0.05) is 44.3 Å². The van der Waals surface area contributed by atoms with Crippen molar-refractivity contribution >= 4 is 60.8 Å². The Morgan fingerprint density at radius 1 is 0.333 bits per heavy atom. The van der Waals surface area contributed by atoms with Crippen molar-refractivity contribution in [1.29, 1.82) is 0 Å². The summed E-state index contributed by atoms with van der Waals surface area (Å²) in [5.41, 5.74) is 15.6. The Kier molecular flexibility index (Phi) is 7.82. The Balaban J connectivity index is 1.05. The van der Waals surface area contributed by atoms with Crippen LogP contribution in [0.4, 0.5) is 17.1 Å². The molecular weight excluding hydrogens is 693 g/mol. The molecule has 11 rings (SSSR count). The first-order valence-electron chi connectivity index (χ1n) is 19.4. The fourth-order valence-corrected chi connectivity index (χ4v) is 8.53. The summed E-state index contributed by atoms with van der Waals surface area (Å²) in [6.45, 7) is 0. The van der Waals surface area contributed by atoms with E-state index in [4.69, 9.17) is 4.42 Å². The van der Waals surface area contributed by atoms with Gasteiger partial charge in [0.05, 0.1) is 11.0 Å². The minimum absolute atomic E-state index is 0.898. The molecule has 0 aliphatic carbocycles. The van der Waals surface area contributed by atoms with Crippen LogP contribution in [0.15, 0.2) is 223 Å². The molecule has 0 unspecified atom stereocenters. The summed E-state index contributed by atoms with van der Waals surface area (Å²) in [5.74, 6) is 0. The molecule has 0 amide bonds. The topological polar surface area (TPSA) is 21.3 Å². The zero-order valence-electron chi connectivity index (χ0n) is 31.1. The molecule has 3 nitrogen and oxygen atoms in total. The van der Waals surface area contributed by atoms with Gasteiger partial charge in [-0.1, -0.05) is 152 Å². The fraction of sp³-hybridized carbons (Fsp3) is 0. The number of furan rings is 1. The van der Waals surface area contributed by atoms with Crippen LogP contribution in [0.2, 0.25) is 0 Å². The molecule has 9 aromatic carbocycles. The van der Waals surface area contributed by atoms with E-state index in [9.17, 15) is 0 Å². The van der Waals surface area contributed by atoms with Crippen LogP contribution in [-0.2, 0) is 0 Å². The molecule has 0 fully saturated rings. The average Bonchev–Trinajstić information content (AvgIpc) is 3.84. The number of hydrogen-bond donors (Lipinski definition) is 0. The lowest BCUT2D eigenvalue weighted by Gasteiger charge is -2.27. The number of benzene rings is 9. The van der Waals surface area contributed by atoms with E-state index in [0.717, 1.165) is 61.4 Å². The van der Waals surface area contributed by atoms with Crippen LogP contribution >= 0.6 is 0 Å². The van der Waals surface area contributed by atoms with E-state index in [0.29, 0.717) is 0 Å². The lowest BCUT2D eigenvalue weighted by Crippen LogP contribution is -2.10. The van der Waals surface area contributed by atoms with E-state index >= 15 is 0 Å². The van der Waals surface area contributed by atoms with Gasteiger partial charge in [-0.15, -0.1) is 0 Å². The third-order valence-electron chi connectivity index (χ3n) is 11.2. The van der Waals surface area contributed by atoms with E-state index in [2.05, 4.69) is 216 Å². The van der Waals surface area contributed by atoms with Crippen LogP contribution < -0.4 is 4.90 Å². The Morgan fingerprint density at radius 2 is 0.860 bits per heavy atom. The van der Waals surface area contributed by atoms with E-state index in [-0.39, 0.29) is 0 Å². The van der Waals surface area contributed by atoms with Crippen molar-refractivity contribution in [2.75, 3.05) is 4.90 Å². The Bertz CT molecular complexity index is 3170. The van der Waals surface area contributed by atoms with Crippen LogP contribution in [0.3, 0.4) is 0 Å². The van der Waals surface area contributed by atoms with Crippen LogP contribution in [0.25, 0.3) is 82.8 Å². The summed E-state index contributed by atoms with van der Waals surface area (Å²) in [6, 6.07) is 78.2. The minimum atomic E-state index is 0.898. The number of fused-ring (bicyclic) bond motifs is 6. The fourth-order valence-electron chi connectivity index (χ4n) is 8.53. The Hall–Kier alpha value is -7.62. The van der Waals surface area contributed by atoms with Crippen molar-refractivity contribution in [3.8, 4) is 39.1 Å². The number of rotatable bonds is 7. The standard InChI is InChI=1S/C54H36N2O/c1-2-13-37(14-3-1)38-27-29-39(30-28-38)41-15-10-16-43(35-41)55(42-33-31-40(32-34-42)46-22-12-26-53-54(46)49-21-6-9-25-52(49)57-53)44-17-11-18-45(36-44)56-50-23-7-4-19-47(50)48-20-5-8-24-51(48)56/h1-36H. The second kappa shape index (κ2) is 13.6. The highest BCUT2D eigenvalue weighted by molar-refractivity contribution is 6.12. The number of para-hydroxylation sites is 3. The lowest BCUT2D eigenvalue weighted by molar-refractivity contribution is 0.669. The predicted octanol–water partition coefficient (Wildman–Crippen LogP) is 15.2. The summed E-state index contributed by atoms with van der Waals surface area (Å²) in [4.78, 5) is 2.37. The molecule has 0 aliphatic heterocycles. The molecule has 0 aliphatic rings. The van der Waals surface area contributed by atoms with Gasteiger partial charge < -0.3 is 13.9 Å². The molecule has 0 saturated carbocycles. The zero-order chi connectivity index (χ0) is 37.7. The van der Waals surface area contributed by atoms with Crippen molar-refractivity contribution < 1.29 is 4.42 Å². The summed E-state index contributed by atoms with van der Waals surface area (Å²) in [5, 5.41) is 4.77. The second-order valence-corrected chi connectivity index (χ2v) is 14.5.